The second kappa shape index (κ2) is 6.65. The number of amides is 2. The summed E-state index contributed by atoms with van der Waals surface area (Å²) in [5.74, 6) is 0.0454. The second-order valence-corrected chi connectivity index (χ2v) is 5.86. The van der Waals surface area contributed by atoms with Crippen molar-refractivity contribution in [2.45, 2.75) is 26.2 Å². The van der Waals surface area contributed by atoms with Gasteiger partial charge in [0, 0.05) is 24.2 Å². The molecule has 0 fully saturated rings. The van der Waals surface area contributed by atoms with Gasteiger partial charge >= 0.3 is 0 Å². The van der Waals surface area contributed by atoms with Gasteiger partial charge in [0.25, 0.3) is 5.91 Å². The van der Waals surface area contributed by atoms with E-state index in [1.54, 1.807) is 0 Å². The molecule has 2 amide bonds. The average Bonchev–Trinajstić information content (AvgIpc) is 2.55. The van der Waals surface area contributed by atoms with Crippen LogP contribution in [0.15, 0.2) is 42.5 Å². The first kappa shape index (κ1) is 15.3. The number of carbonyl (C=O) groups is 2. The highest BCUT2D eigenvalue weighted by atomic mass is 16.2. The third kappa shape index (κ3) is 3.59. The molecule has 1 heterocycles. The fraction of sp³-hybridized carbons (Fsp3) is 0.263. The number of carbonyl (C=O) groups excluding carboxylic acids is 2. The molecule has 2 aromatic rings. The predicted molar refractivity (Wildman–Crippen MR) is 90.6 cm³/mol. The van der Waals surface area contributed by atoms with Gasteiger partial charge in [-0.15, -0.1) is 0 Å². The summed E-state index contributed by atoms with van der Waals surface area (Å²) in [6.07, 6.45) is 2.10. The molecule has 3 rings (SSSR count). The minimum Gasteiger partial charge on any atom is -0.352 e. The van der Waals surface area contributed by atoms with Gasteiger partial charge in [-0.25, -0.2) is 0 Å². The van der Waals surface area contributed by atoms with Gasteiger partial charge in [0.2, 0.25) is 5.91 Å². The minimum absolute atomic E-state index is 0.0340. The predicted octanol–water partition coefficient (Wildman–Crippen LogP) is 2.85. The van der Waals surface area contributed by atoms with Gasteiger partial charge in [-0.2, -0.15) is 0 Å². The van der Waals surface area contributed by atoms with E-state index < -0.39 is 0 Å². The molecule has 23 heavy (non-hydrogen) atoms. The average molecular weight is 308 g/mol. The van der Waals surface area contributed by atoms with Crippen molar-refractivity contribution in [3.05, 3.63) is 64.7 Å². The number of rotatable bonds is 4. The number of aryl methyl sites for hydroxylation is 2. The molecular weight excluding hydrogens is 288 g/mol. The fourth-order valence-corrected chi connectivity index (χ4v) is 2.84. The van der Waals surface area contributed by atoms with E-state index in [4.69, 9.17) is 0 Å². The maximum atomic E-state index is 12.2. The molecule has 0 aliphatic carbocycles. The lowest BCUT2D eigenvalue weighted by Gasteiger charge is -2.17. The van der Waals surface area contributed by atoms with Gasteiger partial charge in [0.1, 0.15) is 0 Å². The Bertz CT molecular complexity index is 753. The highest BCUT2D eigenvalue weighted by Gasteiger charge is 2.14. The van der Waals surface area contributed by atoms with Crippen molar-refractivity contribution in [1.29, 1.82) is 0 Å². The van der Waals surface area contributed by atoms with Crippen molar-refractivity contribution < 1.29 is 9.59 Å². The van der Waals surface area contributed by atoms with Crippen LogP contribution in [-0.2, 0) is 17.6 Å². The lowest BCUT2D eigenvalue weighted by Crippen LogP contribution is -2.26. The van der Waals surface area contributed by atoms with Gasteiger partial charge in [-0.1, -0.05) is 30.3 Å². The Morgan fingerprint density at radius 2 is 2.00 bits per heavy atom. The van der Waals surface area contributed by atoms with E-state index in [2.05, 4.69) is 16.7 Å². The third-order valence-corrected chi connectivity index (χ3v) is 4.15. The minimum atomic E-state index is -0.0340. The number of nitrogens with one attached hydrogen (secondary N) is 2. The zero-order valence-electron chi connectivity index (χ0n) is 13.2. The molecule has 0 unspecified atom stereocenters. The SMILES string of the molecule is Cc1ccccc1C(=O)NCCc1ccc2c(c1)CCC(=O)N2. The lowest BCUT2D eigenvalue weighted by molar-refractivity contribution is -0.116. The zero-order chi connectivity index (χ0) is 16.2. The molecule has 1 aliphatic rings. The standard InChI is InChI=1S/C19H20N2O2/c1-13-4-2-3-5-16(13)19(23)20-11-10-14-6-8-17-15(12-14)7-9-18(22)21-17/h2-6,8,12H,7,9-11H2,1H3,(H,20,23)(H,21,22). The molecule has 4 heteroatoms. The van der Waals surface area contributed by atoms with Crippen molar-refractivity contribution in [2.24, 2.45) is 0 Å². The number of anilines is 1. The number of fused-ring (bicyclic) bond motifs is 1. The van der Waals surface area contributed by atoms with Crippen molar-refractivity contribution in [3.63, 3.8) is 0 Å². The molecule has 4 nitrogen and oxygen atoms in total. The number of hydrogen-bond acceptors (Lipinski definition) is 2. The van der Waals surface area contributed by atoms with Crippen LogP contribution in [0, 0.1) is 6.92 Å². The van der Waals surface area contributed by atoms with E-state index in [-0.39, 0.29) is 11.8 Å². The Morgan fingerprint density at radius 3 is 2.83 bits per heavy atom. The Labute approximate surface area is 135 Å². The summed E-state index contributed by atoms with van der Waals surface area (Å²) in [7, 11) is 0. The van der Waals surface area contributed by atoms with E-state index >= 15 is 0 Å². The van der Waals surface area contributed by atoms with Crippen LogP contribution in [0.1, 0.15) is 33.5 Å². The highest BCUT2D eigenvalue weighted by molar-refractivity contribution is 5.95. The monoisotopic (exact) mass is 308 g/mol. The van der Waals surface area contributed by atoms with Gasteiger partial charge in [-0.3, -0.25) is 9.59 Å². The van der Waals surface area contributed by atoms with E-state index in [0.29, 0.717) is 13.0 Å². The van der Waals surface area contributed by atoms with Gasteiger partial charge in [0.15, 0.2) is 0 Å². The first-order chi connectivity index (χ1) is 11.1. The molecule has 118 valence electrons. The molecular formula is C19H20N2O2. The summed E-state index contributed by atoms with van der Waals surface area (Å²) in [5.41, 5.74) is 4.96. The number of hydrogen-bond donors (Lipinski definition) is 2. The summed E-state index contributed by atoms with van der Waals surface area (Å²) in [5, 5.41) is 5.85. The first-order valence-electron chi connectivity index (χ1n) is 7.89. The van der Waals surface area contributed by atoms with E-state index in [1.807, 2.05) is 43.3 Å². The molecule has 2 N–H and O–H groups in total. The number of benzene rings is 2. The van der Waals surface area contributed by atoms with E-state index in [0.717, 1.165) is 29.7 Å². The normalized spacial score (nSPS) is 13.2. The molecule has 0 atom stereocenters. The van der Waals surface area contributed by atoms with Crippen LogP contribution < -0.4 is 10.6 Å². The summed E-state index contributed by atoms with van der Waals surface area (Å²) < 4.78 is 0. The molecule has 2 aromatic carbocycles. The van der Waals surface area contributed by atoms with E-state index in [9.17, 15) is 9.59 Å². The van der Waals surface area contributed by atoms with Crippen molar-refractivity contribution in [1.82, 2.24) is 5.32 Å². The Hall–Kier alpha value is -2.62. The Kier molecular flexibility index (Phi) is 4.42. The molecule has 0 saturated heterocycles. The fourth-order valence-electron chi connectivity index (χ4n) is 2.84. The summed E-state index contributed by atoms with van der Waals surface area (Å²) in [4.78, 5) is 23.5. The summed E-state index contributed by atoms with van der Waals surface area (Å²) in [6, 6.07) is 13.7. The van der Waals surface area contributed by atoms with Crippen LogP contribution in [0.2, 0.25) is 0 Å². The molecule has 0 aromatic heterocycles. The lowest BCUT2D eigenvalue weighted by atomic mass is 9.99. The molecule has 0 spiro atoms. The highest BCUT2D eigenvalue weighted by Crippen LogP contribution is 2.23. The molecule has 0 bridgehead atoms. The zero-order valence-corrected chi connectivity index (χ0v) is 13.2. The quantitative estimate of drug-likeness (QED) is 0.912. The summed E-state index contributed by atoms with van der Waals surface area (Å²) in [6.45, 7) is 2.53. The van der Waals surface area contributed by atoms with Crippen molar-refractivity contribution >= 4 is 17.5 Å². The Morgan fingerprint density at radius 1 is 1.17 bits per heavy atom. The van der Waals surface area contributed by atoms with Crippen molar-refractivity contribution in [3.8, 4) is 0 Å². The van der Waals surface area contributed by atoms with Gasteiger partial charge in [0.05, 0.1) is 0 Å². The van der Waals surface area contributed by atoms with Crippen LogP contribution >= 0.6 is 0 Å². The Balaban J connectivity index is 1.58. The van der Waals surface area contributed by atoms with Crippen LogP contribution in [0.25, 0.3) is 0 Å². The topological polar surface area (TPSA) is 58.2 Å². The summed E-state index contributed by atoms with van der Waals surface area (Å²) >= 11 is 0. The first-order valence-corrected chi connectivity index (χ1v) is 7.89. The van der Waals surface area contributed by atoms with Crippen LogP contribution in [-0.4, -0.2) is 18.4 Å². The van der Waals surface area contributed by atoms with Crippen LogP contribution in [0.4, 0.5) is 5.69 Å². The van der Waals surface area contributed by atoms with Crippen LogP contribution in [0.3, 0.4) is 0 Å². The second-order valence-electron chi connectivity index (χ2n) is 5.86. The molecule has 0 radical (unpaired) electrons. The van der Waals surface area contributed by atoms with E-state index in [1.165, 1.54) is 11.1 Å². The van der Waals surface area contributed by atoms with Gasteiger partial charge in [-0.05, 0) is 48.6 Å². The third-order valence-electron chi connectivity index (χ3n) is 4.15. The van der Waals surface area contributed by atoms with Gasteiger partial charge < -0.3 is 10.6 Å². The molecule has 1 aliphatic heterocycles. The van der Waals surface area contributed by atoms with Crippen molar-refractivity contribution in [2.75, 3.05) is 11.9 Å². The maximum absolute atomic E-state index is 12.2. The van der Waals surface area contributed by atoms with Crippen LogP contribution in [0.5, 0.6) is 0 Å². The maximum Gasteiger partial charge on any atom is 0.251 e. The smallest absolute Gasteiger partial charge is 0.251 e. The largest absolute Gasteiger partial charge is 0.352 e. The molecule has 0 saturated carbocycles.